The molecule has 0 unspecified atom stereocenters. The van der Waals surface area contributed by atoms with Gasteiger partial charge >= 0.3 is 0 Å². The molecule has 1 amide bonds. The van der Waals surface area contributed by atoms with E-state index in [0.29, 0.717) is 29.3 Å². The first-order valence-corrected chi connectivity index (χ1v) is 10.3. The number of primary sulfonamides is 1. The Hall–Kier alpha value is -3.04. The van der Waals surface area contributed by atoms with Gasteiger partial charge in [0.25, 0.3) is 11.5 Å². The van der Waals surface area contributed by atoms with Crippen molar-refractivity contribution < 1.29 is 13.2 Å². The number of nitrogens with zero attached hydrogens (tertiary/aromatic N) is 2. The zero-order valence-electron chi connectivity index (χ0n) is 15.5. The van der Waals surface area contributed by atoms with E-state index in [0.717, 1.165) is 0 Å². The molecule has 0 radical (unpaired) electrons. The molecule has 8 nitrogen and oxygen atoms in total. The van der Waals surface area contributed by atoms with Gasteiger partial charge in [0.05, 0.1) is 10.3 Å². The van der Waals surface area contributed by atoms with Crippen LogP contribution in [0, 0.1) is 0 Å². The largest absolute Gasteiger partial charge is 0.321 e. The van der Waals surface area contributed by atoms with Crippen LogP contribution in [0.25, 0.3) is 10.8 Å². The summed E-state index contributed by atoms with van der Waals surface area (Å²) in [6, 6.07) is 11.2. The number of hydrogen-bond acceptors (Lipinski definition) is 5. The van der Waals surface area contributed by atoms with E-state index in [2.05, 4.69) is 10.4 Å². The minimum Gasteiger partial charge on any atom is -0.321 e. The topological polar surface area (TPSA) is 124 Å². The zero-order valence-corrected chi connectivity index (χ0v) is 16.3. The van der Waals surface area contributed by atoms with Gasteiger partial charge in [-0.15, -0.1) is 0 Å². The maximum atomic E-state index is 12.9. The van der Waals surface area contributed by atoms with Gasteiger partial charge in [-0.05, 0) is 37.1 Å². The molecule has 0 atom stereocenters. The van der Waals surface area contributed by atoms with Crippen molar-refractivity contribution in [3.63, 3.8) is 0 Å². The van der Waals surface area contributed by atoms with Crippen LogP contribution in [0.2, 0.25) is 0 Å². The summed E-state index contributed by atoms with van der Waals surface area (Å²) in [6.07, 6.45) is 0.480. The second kappa shape index (κ2) is 7.53. The Bertz CT molecular complexity index is 1230. The van der Waals surface area contributed by atoms with Gasteiger partial charge in [-0.3, -0.25) is 9.59 Å². The van der Waals surface area contributed by atoms with Crippen LogP contribution in [0.3, 0.4) is 0 Å². The van der Waals surface area contributed by atoms with Crippen LogP contribution in [0.1, 0.15) is 29.9 Å². The second-order valence-electron chi connectivity index (χ2n) is 6.19. The number of amides is 1. The lowest BCUT2D eigenvalue weighted by Gasteiger charge is -2.12. The van der Waals surface area contributed by atoms with Crippen molar-refractivity contribution in [3.05, 3.63) is 64.1 Å². The Morgan fingerprint density at radius 1 is 1.14 bits per heavy atom. The standard InChI is InChI=1S/C19H20N4O4S/c1-3-12-9-10-13(11-16(12)28(20,26)27)21-18(24)17-14-7-5-6-8-15(14)19(25)23(4-2)22-17/h5-11H,3-4H2,1-2H3,(H,21,24)(H2,20,26,27). The predicted octanol–water partition coefficient (Wildman–Crippen LogP) is 1.88. The van der Waals surface area contributed by atoms with Crippen LogP contribution in [0.15, 0.2) is 52.2 Å². The molecular weight excluding hydrogens is 380 g/mol. The van der Waals surface area contributed by atoms with Gasteiger partial charge in [-0.2, -0.15) is 5.10 Å². The molecule has 0 bridgehead atoms. The first-order valence-electron chi connectivity index (χ1n) is 8.73. The van der Waals surface area contributed by atoms with Crippen molar-refractivity contribution in [3.8, 4) is 0 Å². The van der Waals surface area contributed by atoms with Gasteiger partial charge in [-0.25, -0.2) is 18.2 Å². The van der Waals surface area contributed by atoms with Gasteiger partial charge in [0.2, 0.25) is 10.0 Å². The van der Waals surface area contributed by atoms with Crippen LogP contribution >= 0.6 is 0 Å². The number of carbonyl (C=O) groups excluding carboxylic acids is 1. The molecule has 0 spiro atoms. The summed E-state index contributed by atoms with van der Waals surface area (Å²) in [4.78, 5) is 25.2. The van der Waals surface area contributed by atoms with Crippen molar-refractivity contribution in [1.29, 1.82) is 0 Å². The molecule has 0 fully saturated rings. The molecule has 0 saturated carbocycles. The highest BCUT2D eigenvalue weighted by Crippen LogP contribution is 2.22. The lowest BCUT2D eigenvalue weighted by atomic mass is 10.1. The summed E-state index contributed by atoms with van der Waals surface area (Å²) >= 11 is 0. The van der Waals surface area contributed by atoms with Gasteiger partial charge in [0.15, 0.2) is 5.69 Å². The number of nitrogens with two attached hydrogens (primary N) is 1. The molecule has 146 valence electrons. The predicted molar refractivity (Wildman–Crippen MR) is 107 cm³/mol. The lowest BCUT2D eigenvalue weighted by Crippen LogP contribution is -2.27. The fourth-order valence-corrected chi connectivity index (χ4v) is 3.87. The normalized spacial score (nSPS) is 11.5. The SMILES string of the molecule is CCc1ccc(NC(=O)c2nn(CC)c(=O)c3ccccc23)cc1S(N)(=O)=O. The number of sulfonamides is 1. The highest BCUT2D eigenvalue weighted by molar-refractivity contribution is 7.89. The van der Waals surface area contributed by atoms with Crippen molar-refractivity contribution in [2.75, 3.05) is 5.32 Å². The molecule has 0 saturated heterocycles. The number of benzene rings is 2. The van der Waals surface area contributed by atoms with E-state index in [1.165, 1.54) is 10.7 Å². The fourth-order valence-electron chi connectivity index (χ4n) is 3.00. The zero-order chi connectivity index (χ0) is 20.5. The fraction of sp³-hybridized carbons (Fsp3) is 0.211. The Balaban J connectivity index is 2.08. The summed E-state index contributed by atoms with van der Waals surface area (Å²) in [5.74, 6) is -0.553. The summed E-state index contributed by atoms with van der Waals surface area (Å²) in [6.45, 7) is 3.88. The molecule has 3 rings (SSSR count). The van der Waals surface area contributed by atoms with Crippen molar-refractivity contribution >= 4 is 32.4 Å². The van der Waals surface area contributed by atoms with Crippen molar-refractivity contribution in [2.45, 2.75) is 31.7 Å². The molecular formula is C19H20N4O4S. The number of hydrogen-bond donors (Lipinski definition) is 2. The second-order valence-corrected chi connectivity index (χ2v) is 7.72. The summed E-state index contributed by atoms with van der Waals surface area (Å²) in [5.41, 5.74) is 0.627. The molecule has 3 N–H and O–H groups in total. The van der Waals surface area contributed by atoms with E-state index in [4.69, 9.17) is 5.14 Å². The van der Waals surface area contributed by atoms with Gasteiger partial charge in [0, 0.05) is 17.6 Å². The quantitative estimate of drug-likeness (QED) is 0.677. The third kappa shape index (κ3) is 3.67. The third-order valence-corrected chi connectivity index (χ3v) is 5.39. The number of aryl methyl sites for hydroxylation is 2. The van der Waals surface area contributed by atoms with E-state index < -0.39 is 15.9 Å². The highest BCUT2D eigenvalue weighted by Gasteiger charge is 2.18. The Kier molecular flexibility index (Phi) is 5.30. The number of nitrogens with one attached hydrogen (secondary N) is 1. The van der Waals surface area contributed by atoms with E-state index >= 15 is 0 Å². The van der Waals surface area contributed by atoms with Crippen LogP contribution in [-0.2, 0) is 23.0 Å². The average Bonchev–Trinajstić information content (AvgIpc) is 2.67. The summed E-state index contributed by atoms with van der Waals surface area (Å²) < 4.78 is 24.9. The van der Waals surface area contributed by atoms with Gasteiger partial charge < -0.3 is 5.32 Å². The number of aromatic nitrogens is 2. The van der Waals surface area contributed by atoms with Crippen molar-refractivity contribution in [1.82, 2.24) is 9.78 Å². The van der Waals surface area contributed by atoms with Crippen molar-refractivity contribution in [2.24, 2.45) is 5.14 Å². The molecule has 2 aromatic carbocycles. The smallest absolute Gasteiger partial charge is 0.276 e. The van der Waals surface area contributed by atoms with Crippen LogP contribution in [0.5, 0.6) is 0 Å². The minimum atomic E-state index is -3.93. The first-order chi connectivity index (χ1) is 13.3. The maximum absolute atomic E-state index is 12.9. The van der Waals surface area contributed by atoms with Gasteiger partial charge in [-0.1, -0.05) is 31.2 Å². The minimum absolute atomic E-state index is 0.0378. The number of fused-ring (bicyclic) bond motifs is 1. The molecule has 1 aromatic heterocycles. The summed E-state index contributed by atoms with van der Waals surface area (Å²) in [5, 5.41) is 12.9. The molecule has 0 aliphatic rings. The Labute approximate surface area is 162 Å². The number of carbonyl (C=O) groups is 1. The number of anilines is 1. The monoisotopic (exact) mass is 400 g/mol. The van der Waals surface area contributed by atoms with Crippen LogP contribution in [0.4, 0.5) is 5.69 Å². The third-order valence-electron chi connectivity index (χ3n) is 4.39. The number of rotatable bonds is 5. The van der Waals surface area contributed by atoms with Gasteiger partial charge in [0.1, 0.15) is 0 Å². The Morgan fingerprint density at radius 3 is 2.43 bits per heavy atom. The average molecular weight is 400 g/mol. The Morgan fingerprint density at radius 2 is 1.82 bits per heavy atom. The van der Waals surface area contributed by atoms with Crippen LogP contribution < -0.4 is 16.0 Å². The molecule has 3 aromatic rings. The molecule has 9 heteroatoms. The van der Waals surface area contributed by atoms with Crippen LogP contribution in [-0.4, -0.2) is 24.1 Å². The molecule has 28 heavy (non-hydrogen) atoms. The molecule has 1 heterocycles. The molecule has 0 aliphatic carbocycles. The first kappa shape index (κ1) is 19.7. The van der Waals surface area contributed by atoms with E-state index in [9.17, 15) is 18.0 Å². The van der Waals surface area contributed by atoms with E-state index in [-0.39, 0.29) is 21.8 Å². The lowest BCUT2D eigenvalue weighted by molar-refractivity contribution is 0.102. The summed E-state index contributed by atoms with van der Waals surface area (Å²) in [7, 11) is -3.93. The maximum Gasteiger partial charge on any atom is 0.276 e. The van der Waals surface area contributed by atoms with E-state index in [1.54, 1.807) is 43.3 Å². The highest BCUT2D eigenvalue weighted by atomic mass is 32.2. The molecule has 0 aliphatic heterocycles. The van der Waals surface area contributed by atoms with E-state index in [1.807, 2.05) is 6.92 Å².